The first-order valence-electron chi connectivity index (χ1n) is 5.26. The molecule has 1 fully saturated rings. The van der Waals surface area contributed by atoms with Crippen LogP contribution >= 0.6 is 0 Å². The molecule has 0 amide bonds. The fourth-order valence-corrected chi connectivity index (χ4v) is 1.83. The number of ether oxygens (including phenoxy) is 1. The highest BCUT2D eigenvalue weighted by Crippen LogP contribution is 2.11. The number of nitrogens with zero attached hydrogens (tertiary/aromatic N) is 1. The van der Waals surface area contributed by atoms with Crippen molar-refractivity contribution in [1.82, 2.24) is 4.90 Å². The Bertz CT molecular complexity index is 152. The van der Waals surface area contributed by atoms with Crippen LogP contribution in [0.3, 0.4) is 0 Å². The molecule has 1 heterocycles. The fourth-order valence-electron chi connectivity index (χ4n) is 1.83. The van der Waals surface area contributed by atoms with Crippen LogP contribution in [0.2, 0.25) is 0 Å². The summed E-state index contributed by atoms with van der Waals surface area (Å²) in [6.45, 7) is 9.38. The third-order valence-electron chi connectivity index (χ3n) is 2.94. The van der Waals surface area contributed by atoms with Gasteiger partial charge in [0, 0.05) is 25.2 Å². The Labute approximate surface area is 81.2 Å². The zero-order valence-electron chi connectivity index (χ0n) is 8.99. The molecule has 78 valence electrons. The topological polar surface area (TPSA) is 38.5 Å². The first-order valence-corrected chi connectivity index (χ1v) is 5.26. The molecule has 1 aliphatic rings. The Morgan fingerprint density at radius 1 is 1.62 bits per heavy atom. The molecular formula is C10H22N2O. The number of morpholine rings is 1. The summed E-state index contributed by atoms with van der Waals surface area (Å²) in [7, 11) is 0. The van der Waals surface area contributed by atoms with Crippen LogP contribution in [0.1, 0.15) is 27.2 Å². The van der Waals surface area contributed by atoms with Crippen molar-refractivity contribution in [3.63, 3.8) is 0 Å². The second kappa shape index (κ2) is 4.94. The summed E-state index contributed by atoms with van der Waals surface area (Å²) in [6, 6.07) is 0.779. The lowest BCUT2D eigenvalue weighted by molar-refractivity contribution is -0.0349. The van der Waals surface area contributed by atoms with E-state index in [1.165, 1.54) is 0 Å². The summed E-state index contributed by atoms with van der Waals surface area (Å²) in [5.74, 6) is 0. The molecule has 0 aromatic heterocycles. The molecule has 2 N–H and O–H groups in total. The van der Waals surface area contributed by atoms with Crippen LogP contribution in [0.25, 0.3) is 0 Å². The normalized spacial score (nSPS) is 30.0. The molecule has 13 heavy (non-hydrogen) atoms. The number of rotatable bonds is 3. The largest absolute Gasteiger partial charge is 0.376 e. The van der Waals surface area contributed by atoms with E-state index < -0.39 is 0 Å². The predicted octanol–water partition coefficient (Wildman–Crippen LogP) is 0.833. The quantitative estimate of drug-likeness (QED) is 0.709. The fraction of sp³-hybridized carbons (Fsp3) is 1.00. The highest BCUT2D eigenvalue weighted by atomic mass is 16.5. The number of hydrogen-bond acceptors (Lipinski definition) is 3. The maximum Gasteiger partial charge on any atom is 0.0674 e. The Kier molecular flexibility index (Phi) is 4.16. The molecule has 1 aliphatic heterocycles. The average molecular weight is 186 g/mol. The van der Waals surface area contributed by atoms with E-state index in [0.717, 1.165) is 26.1 Å². The van der Waals surface area contributed by atoms with Crippen LogP contribution in [-0.4, -0.2) is 42.8 Å². The van der Waals surface area contributed by atoms with E-state index in [-0.39, 0.29) is 0 Å². The van der Waals surface area contributed by atoms with Crippen LogP contribution in [0.4, 0.5) is 0 Å². The minimum absolute atomic E-state index is 0.297. The molecule has 3 atom stereocenters. The van der Waals surface area contributed by atoms with Crippen molar-refractivity contribution < 1.29 is 4.74 Å². The van der Waals surface area contributed by atoms with Crippen molar-refractivity contribution in [1.29, 1.82) is 0 Å². The molecule has 3 nitrogen and oxygen atoms in total. The van der Waals surface area contributed by atoms with E-state index in [9.17, 15) is 0 Å². The lowest BCUT2D eigenvalue weighted by atomic mass is 10.1. The summed E-state index contributed by atoms with van der Waals surface area (Å²) in [5, 5.41) is 0. The standard InChI is InChI=1S/C10H22N2O/c1-4-10(11)9(3)12-5-6-13-8(2)7-12/h8-10H,4-7,11H2,1-3H3. The molecule has 0 aromatic rings. The van der Waals surface area contributed by atoms with Crippen LogP contribution < -0.4 is 5.73 Å². The Morgan fingerprint density at radius 3 is 2.85 bits per heavy atom. The van der Waals surface area contributed by atoms with E-state index >= 15 is 0 Å². The highest BCUT2D eigenvalue weighted by molar-refractivity contribution is 4.80. The highest BCUT2D eigenvalue weighted by Gasteiger charge is 2.24. The van der Waals surface area contributed by atoms with Crippen molar-refractivity contribution in [3.8, 4) is 0 Å². The van der Waals surface area contributed by atoms with Gasteiger partial charge in [0.1, 0.15) is 0 Å². The van der Waals surface area contributed by atoms with Crippen LogP contribution in [0.5, 0.6) is 0 Å². The smallest absolute Gasteiger partial charge is 0.0674 e. The third kappa shape index (κ3) is 2.93. The van der Waals surface area contributed by atoms with Crippen LogP contribution in [0, 0.1) is 0 Å². The molecule has 1 saturated heterocycles. The van der Waals surface area contributed by atoms with Gasteiger partial charge in [-0.1, -0.05) is 6.92 Å². The summed E-state index contributed by atoms with van der Waals surface area (Å²) >= 11 is 0. The zero-order chi connectivity index (χ0) is 9.84. The molecule has 3 unspecified atom stereocenters. The molecule has 0 spiro atoms. The maximum atomic E-state index is 6.01. The second-order valence-electron chi connectivity index (χ2n) is 3.99. The predicted molar refractivity (Wildman–Crippen MR) is 54.7 cm³/mol. The Morgan fingerprint density at radius 2 is 2.31 bits per heavy atom. The molecule has 0 radical (unpaired) electrons. The van der Waals surface area contributed by atoms with E-state index in [1.807, 2.05) is 0 Å². The van der Waals surface area contributed by atoms with E-state index in [1.54, 1.807) is 0 Å². The molecule has 0 aromatic carbocycles. The van der Waals surface area contributed by atoms with E-state index in [0.29, 0.717) is 18.2 Å². The second-order valence-corrected chi connectivity index (χ2v) is 3.99. The number of nitrogens with two attached hydrogens (primary N) is 1. The van der Waals surface area contributed by atoms with Crippen LogP contribution in [0.15, 0.2) is 0 Å². The molecule has 0 bridgehead atoms. The maximum absolute atomic E-state index is 6.01. The van der Waals surface area contributed by atoms with Gasteiger partial charge in [-0.2, -0.15) is 0 Å². The van der Waals surface area contributed by atoms with Crippen molar-refractivity contribution in [2.45, 2.75) is 45.4 Å². The molecule has 0 aliphatic carbocycles. The minimum atomic E-state index is 0.297. The van der Waals surface area contributed by atoms with Crippen molar-refractivity contribution >= 4 is 0 Å². The van der Waals surface area contributed by atoms with E-state index in [2.05, 4.69) is 25.7 Å². The van der Waals surface area contributed by atoms with Gasteiger partial charge in [-0.05, 0) is 20.3 Å². The van der Waals surface area contributed by atoms with Crippen LogP contribution in [-0.2, 0) is 4.74 Å². The van der Waals surface area contributed by atoms with Crippen molar-refractivity contribution in [2.24, 2.45) is 5.73 Å². The minimum Gasteiger partial charge on any atom is -0.376 e. The summed E-state index contributed by atoms with van der Waals surface area (Å²) in [4.78, 5) is 2.43. The van der Waals surface area contributed by atoms with E-state index in [4.69, 9.17) is 10.5 Å². The van der Waals surface area contributed by atoms with Gasteiger partial charge in [0.25, 0.3) is 0 Å². The SMILES string of the molecule is CCC(N)C(C)N1CCOC(C)C1. The van der Waals surface area contributed by atoms with Gasteiger partial charge in [-0.15, -0.1) is 0 Å². The Hall–Kier alpha value is -0.120. The summed E-state index contributed by atoms with van der Waals surface area (Å²) in [5.41, 5.74) is 6.01. The van der Waals surface area contributed by atoms with Gasteiger partial charge in [-0.3, -0.25) is 4.90 Å². The molecule has 3 heteroatoms. The van der Waals surface area contributed by atoms with Gasteiger partial charge < -0.3 is 10.5 Å². The molecule has 1 rings (SSSR count). The van der Waals surface area contributed by atoms with Crippen molar-refractivity contribution in [2.75, 3.05) is 19.7 Å². The lowest BCUT2D eigenvalue weighted by Crippen LogP contribution is -2.52. The lowest BCUT2D eigenvalue weighted by Gasteiger charge is -2.37. The first kappa shape index (κ1) is 11.0. The zero-order valence-corrected chi connectivity index (χ0v) is 8.99. The number of hydrogen-bond donors (Lipinski definition) is 1. The molecular weight excluding hydrogens is 164 g/mol. The van der Waals surface area contributed by atoms with Gasteiger partial charge in [0.2, 0.25) is 0 Å². The summed E-state index contributed by atoms with van der Waals surface area (Å²) in [6.07, 6.45) is 1.41. The monoisotopic (exact) mass is 186 g/mol. The average Bonchev–Trinajstić information content (AvgIpc) is 2.15. The summed E-state index contributed by atoms with van der Waals surface area (Å²) < 4.78 is 5.49. The Balaban J connectivity index is 2.41. The molecule has 0 saturated carbocycles. The van der Waals surface area contributed by atoms with Gasteiger partial charge in [-0.25, -0.2) is 0 Å². The van der Waals surface area contributed by atoms with Gasteiger partial charge in [0.05, 0.1) is 12.7 Å². The third-order valence-corrected chi connectivity index (χ3v) is 2.94. The van der Waals surface area contributed by atoms with Crippen molar-refractivity contribution in [3.05, 3.63) is 0 Å². The first-order chi connectivity index (χ1) is 6.15. The van der Waals surface area contributed by atoms with Gasteiger partial charge >= 0.3 is 0 Å². The van der Waals surface area contributed by atoms with Gasteiger partial charge in [0.15, 0.2) is 0 Å².